The van der Waals surface area contributed by atoms with Gasteiger partial charge >= 0.3 is 5.97 Å². The number of aliphatic carboxylic acids is 1. The Morgan fingerprint density at radius 3 is 2.60 bits per heavy atom. The molecule has 3 N–H and O–H groups in total. The highest BCUT2D eigenvalue weighted by Crippen LogP contribution is 2.30. The molecule has 0 saturated carbocycles. The summed E-state index contributed by atoms with van der Waals surface area (Å²) in [6.45, 7) is 0.286. The minimum Gasteiger partial charge on any atom is -0.480 e. The summed E-state index contributed by atoms with van der Waals surface area (Å²) < 4.78 is 0. The Bertz CT molecular complexity index is 365. The number of carboxylic acid groups (broad SMARTS) is 1. The van der Waals surface area contributed by atoms with Gasteiger partial charge in [0.05, 0.1) is 0 Å². The first-order chi connectivity index (χ1) is 7.12. The van der Waals surface area contributed by atoms with Crippen molar-refractivity contribution in [1.82, 2.24) is 5.32 Å². The number of aliphatic hydroxyl groups is 1. The largest absolute Gasteiger partial charge is 0.480 e. The molecule has 4 heteroatoms. The first-order valence-electron chi connectivity index (χ1n) is 4.86. The van der Waals surface area contributed by atoms with Crippen LogP contribution in [0.3, 0.4) is 0 Å². The van der Waals surface area contributed by atoms with Crippen molar-refractivity contribution in [3.05, 3.63) is 35.9 Å². The molecular weight excluding hydrogens is 194 g/mol. The maximum absolute atomic E-state index is 10.7. The van der Waals surface area contributed by atoms with Gasteiger partial charge in [-0.1, -0.05) is 30.3 Å². The van der Waals surface area contributed by atoms with Crippen molar-refractivity contribution in [2.75, 3.05) is 6.54 Å². The molecule has 1 saturated heterocycles. The van der Waals surface area contributed by atoms with Gasteiger partial charge in [0.1, 0.15) is 11.6 Å². The van der Waals surface area contributed by atoms with E-state index >= 15 is 0 Å². The van der Waals surface area contributed by atoms with Crippen molar-refractivity contribution in [2.24, 2.45) is 0 Å². The van der Waals surface area contributed by atoms with Gasteiger partial charge in [0.25, 0.3) is 0 Å². The number of hydrogen-bond donors (Lipinski definition) is 3. The van der Waals surface area contributed by atoms with Crippen LogP contribution in [0.1, 0.15) is 12.0 Å². The van der Waals surface area contributed by atoms with Crippen molar-refractivity contribution in [1.29, 1.82) is 0 Å². The Morgan fingerprint density at radius 2 is 2.07 bits per heavy atom. The molecule has 0 spiro atoms. The van der Waals surface area contributed by atoms with E-state index < -0.39 is 17.6 Å². The van der Waals surface area contributed by atoms with Gasteiger partial charge in [-0.25, -0.2) is 0 Å². The van der Waals surface area contributed by atoms with Gasteiger partial charge in [-0.2, -0.15) is 0 Å². The number of benzene rings is 1. The second-order valence-electron chi connectivity index (χ2n) is 3.87. The van der Waals surface area contributed by atoms with E-state index in [1.54, 1.807) is 0 Å². The molecule has 1 aromatic rings. The standard InChI is InChI=1S/C11H13NO3/c13-10(14)9-6-11(15,7-12-9)8-4-2-1-3-5-8/h1-5,9,12,15H,6-7H2,(H,13,14). The van der Waals surface area contributed by atoms with Gasteiger partial charge in [-0.3, -0.25) is 4.79 Å². The molecule has 0 radical (unpaired) electrons. The number of rotatable bonds is 2. The molecule has 2 rings (SSSR count). The third kappa shape index (κ3) is 1.86. The third-order valence-electron chi connectivity index (χ3n) is 2.79. The average Bonchev–Trinajstić information content (AvgIpc) is 2.64. The lowest BCUT2D eigenvalue weighted by molar-refractivity contribution is -0.139. The molecule has 1 aliphatic rings. The molecule has 0 aliphatic carbocycles. The highest BCUT2D eigenvalue weighted by atomic mass is 16.4. The summed E-state index contributed by atoms with van der Waals surface area (Å²) in [5.41, 5.74) is -0.286. The normalized spacial score (nSPS) is 30.3. The van der Waals surface area contributed by atoms with E-state index in [1.165, 1.54) is 0 Å². The second-order valence-corrected chi connectivity index (χ2v) is 3.87. The molecule has 1 fully saturated rings. The van der Waals surface area contributed by atoms with E-state index in [1.807, 2.05) is 30.3 Å². The van der Waals surface area contributed by atoms with Crippen LogP contribution in [0.2, 0.25) is 0 Å². The monoisotopic (exact) mass is 207 g/mol. The Morgan fingerprint density at radius 1 is 1.40 bits per heavy atom. The van der Waals surface area contributed by atoms with E-state index in [0.717, 1.165) is 5.56 Å². The molecule has 2 atom stereocenters. The van der Waals surface area contributed by atoms with Crippen molar-refractivity contribution in [2.45, 2.75) is 18.1 Å². The van der Waals surface area contributed by atoms with E-state index in [4.69, 9.17) is 5.11 Å². The van der Waals surface area contributed by atoms with Crippen molar-refractivity contribution < 1.29 is 15.0 Å². The molecule has 15 heavy (non-hydrogen) atoms. The SMILES string of the molecule is O=C(O)C1CC(O)(c2ccccc2)CN1. The number of nitrogens with one attached hydrogen (secondary N) is 1. The fourth-order valence-electron chi connectivity index (χ4n) is 1.92. The Balaban J connectivity index is 2.20. The minimum absolute atomic E-state index is 0.215. The lowest BCUT2D eigenvalue weighted by Crippen LogP contribution is -2.30. The predicted octanol–water partition coefficient (Wildman–Crippen LogP) is 0.321. The molecule has 1 aliphatic heterocycles. The van der Waals surface area contributed by atoms with Crippen molar-refractivity contribution in [3.8, 4) is 0 Å². The summed E-state index contributed by atoms with van der Waals surface area (Å²) in [5.74, 6) is -0.915. The maximum Gasteiger partial charge on any atom is 0.320 e. The number of carboxylic acids is 1. The summed E-state index contributed by atoms with van der Waals surface area (Å²) in [7, 11) is 0. The summed E-state index contributed by atoms with van der Waals surface area (Å²) in [4.78, 5) is 10.7. The first kappa shape index (κ1) is 10.1. The summed E-state index contributed by atoms with van der Waals surface area (Å²) in [5, 5.41) is 21.9. The molecule has 1 aromatic carbocycles. The lowest BCUT2D eigenvalue weighted by atomic mass is 9.91. The zero-order valence-electron chi connectivity index (χ0n) is 8.18. The van der Waals surface area contributed by atoms with E-state index in [-0.39, 0.29) is 13.0 Å². The molecule has 0 bridgehead atoms. The van der Waals surface area contributed by atoms with Crippen LogP contribution in [0.5, 0.6) is 0 Å². The topological polar surface area (TPSA) is 69.6 Å². The van der Waals surface area contributed by atoms with Crippen LogP contribution in [0.4, 0.5) is 0 Å². The van der Waals surface area contributed by atoms with Gasteiger partial charge < -0.3 is 15.5 Å². The van der Waals surface area contributed by atoms with Crippen molar-refractivity contribution >= 4 is 5.97 Å². The number of hydrogen-bond acceptors (Lipinski definition) is 3. The zero-order valence-corrected chi connectivity index (χ0v) is 8.18. The molecule has 1 heterocycles. The quantitative estimate of drug-likeness (QED) is 0.653. The number of carbonyl (C=O) groups is 1. The van der Waals surface area contributed by atoms with Crippen molar-refractivity contribution in [3.63, 3.8) is 0 Å². The first-order valence-corrected chi connectivity index (χ1v) is 4.86. The molecule has 80 valence electrons. The van der Waals surface area contributed by atoms with Crippen LogP contribution in [0.15, 0.2) is 30.3 Å². The predicted molar refractivity (Wildman–Crippen MR) is 54.4 cm³/mol. The lowest BCUT2D eigenvalue weighted by Gasteiger charge is -2.21. The van der Waals surface area contributed by atoms with Gasteiger partial charge in [0.2, 0.25) is 0 Å². The summed E-state index contributed by atoms with van der Waals surface area (Å²) in [6.07, 6.45) is 0.215. The molecule has 0 aromatic heterocycles. The second kappa shape index (κ2) is 3.64. The van der Waals surface area contributed by atoms with E-state index in [0.29, 0.717) is 0 Å². The minimum atomic E-state index is -1.05. The van der Waals surface area contributed by atoms with Crippen LogP contribution in [-0.2, 0) is 10.4 Å². The smallest absolute Gasteiger partial charge is 0.320 e. The van der Waals surface area contributed by atoms with E-state index in [2.05, 4.69) is 5.32 Å². The number of β-amino-alcohol motifs (C(OH)–C–C–N with tert-alkyl or cyclic N) is 1. The van der Waals surface area contributed by atoms with Crippen LogP contribution in [0.25, 0.3) is 0 Å². The van der Waals surface area contributed by atoms with Gasteiger partial charge in [-0.15, -0.1) is 0 Å². The summed E-state index contributed by atoms with van der Waals surface area (Å²) in [6, 6.07) is 8.50. The fraction of sp³-hybridized carbons (Fsp3) is 0.364. The Kier molecular flexibility index (Phi) is 2.46. The zero-order chi connectivity index (χ0) is 10.9. The highest BCUT2D eigenvalue weighted by Gasteiger charge is 2.41. The van der Waals surface area contributed by atoms with E-state index in [9.17, 15) is 9.90 Å². The van der Waals surface area contributed by atoms with Crippen LogP contribution in [-0.4, -0.2) is 28.8 Å². The molecule has 0 amide bonds. The maximum atomic E-state index is 10.7. The Labute approximate surface area is 87.6 Å². The molecular formula is C11H13NO3. The molecule has 4 nitrogen and oxygen atoms in total. The van der Waals surface area contributed by atoms with Crippen LogP contribution in [0, 0.1) is 0 Å². The fourth-order valence-corrected chi connectivity index (χ4v) is 1.92. The van der Waals surface area contributed by atoms with Crippen LogP contribution < -0.4 is 5.32 Å². The summed E-state index contributed by atoms with van der Waals surface area (Å²) >= 11 is 0. The van der Waals surface area contributed by atoms with Crippen LogP contribution >= 0.6 is 0 Å². The van der Waals surface area contributed by atoms with Gasteiger partial charge in [0.15, 0.2) is 0 Å². The van der Waals surface area contributed by atoms with Gasteiger partial charge in [-0.05, 0) is 5.56 Å². The molecule has 2 unspecified atom stereocenters. The van der Waals surface area contributed by atoms with Gasteiger partial charge in [0, 0.05) is 13.0 Å². The Hall–Kier alpha value is -1.39. The highest BCUT2D eigenvalue weighted by molar-refractivity contribution is 5.74. The average molecular weight is 207 g/mol. The third-order valence-corrected chi connectivity index (χ3v) is 2.79.